The van der Waals surface area contributed by atoms with Crippen LogP contribution in [0.25, 0.3) is 0 Å². The van der Waals surface area contributed by atoms with Crippen LogP contribution >= 0.6 is 0 Å². The molecule has 104 valence electrons. The van der Waals surface area contributed by atoms with E-state index in [9.17, 15) is 8.42 Å². The van der Waals surface area contributed by atoms with Gasteiger partial charge < -0.3 is 0 Å². The van der Waals surface area contributed by atoms with Crippen LogP contribution in [-0.4, -0.2) is 26.3 Å². The van der Waals surface area contributed by atoms with E-state index >= 15 is 0 Å². The molecular formula is C14H20N2O2S. The number of hydrogen-bond donors (Lipinski definition) is 0. The average Bonchev–Trinajstić information content (AvgIpc) is 2.28. The van der Waals surface area contributed by atoms with Gasteiger partial charge in [0.15, 0.2) is 0 Å². The Balaban J connectivity index is 2.98. The number of nitrogens with zero attached hydrogens (tertiary/aromatic N) is 2. The van der Waals surface area contributed by atoms with Crippen molar-refractivity contribution in [3.8, 4) is 6.07 Å². The molecule has 0 radical (unpaired) electrons. The van der Waals surface area contributed by atoms with E-state index in [1.807, 2.05) is 24.3 Å². The Hall–Kier alpha value is -1.38. The minimum atomic E-state index is -3.43. The minimum Gasteiger partial charge on any atom is -0.212 e. The van der Waals surface area contributed by atoms with Crippen molar-refractivity contribution in [2.75, 3.05) is 13.6 Å². The van der Waals surface area contributed by atoms with Crippen LogP contribution in [-0.2, 0) is 21.2 Å². The molecule has 0 spiro atoms. The molecule has 0 saturated carbocycles. The molecule has 0 bridgehead atoms. The van der Waals surface area contributed by atoms with Gasteiger partial charge in [0.05, 0.1) is 11.8 Å². The predicted octanol–water partition coefficient (Wildman–Crippen LogP) is 2.27. The predicted molar refractivity (Wildman–Crippen MR) is 76.0 cm³/mol. The summed E-state index contributed by atoms with van der Waals surface area (Å²) < 4.78 is 25.1. The van der Waals surface area contributed by atoms with Gasteiger partial charge in [0.2, 0.25) is 10.0 Å². The minimum absolute atomic E-state index is 0.0155. The van der Waals surface area contributed by atoms with Gasteiger partial charge in [0.1, 0.15) is 6.54 Å². The van der Waals surface area contributed by atoms with Gasteiger partial charge >= 0.3 is 0 Å². The Kier molecular flexibility index (Phi) is 4.72. The van der Waals surface area contributed by atoms with Gasteiger partial charge in [-0.1, -0.05) is 45.0 Å². The zero-order valence-corrected chi connectivity index (χ0v) is 12.7. The molecule has 19 heavy (non-hydrogen) atoms. The van der Waals surface area contributed by atoms with Crippen LogP contribution in [0, 0.1) is 11.3 Å². The van der Waals surface area contributed by atoms with Crippen molar-refractivity contribution in [3.63, 3.8) is 0 Å². The molecule has 1 aromatic rings. The Labute approximate surface area is 115 Å². The Bertz CT molecular complexity index is 580. The van der Waals surface area contributed by atoms with E-state index in [4.69, 9.17) is 5.26 Å². The van der Waals surface area contributed by atoms with E-state index in [1.54, 1.807) is 6.07 Å². The molecule has 0 aromatic heterocycles. The second-order valence-electron chi connectivity index (χ2n) is 5.62. The first-order valence-corrected chi connectivity index (χ1v) is 7.68. The summed E-state index contributed by atoms with van der Waals surface area (Å²) in [6.07, 6.45) is 0. The molecular weight excluding hydrogens is 260 g/mol. The van der Waals surface area contributed by atoms with Crippen molar-refractivity contribution < 1.29 is 8.42 Å². The summed E-state index contributed by atoms with van der Waals surface area (Å²) >= 11 is 0. The first kappa shape index (κ1) is 15.7. The van der Waals surface area contributed by atoms with E-state index in [0.29, 0.717) is 0 Å². The summed E-state index contributed by atoms with van der Waals surface area (Å²) in [7, 11) is -2.00. The first-order valence-electron chi connectivity index (χ1n) is 6.07. The first-order chi connectivity index (χ1) is 8.66. The van der Waals surface area contributed by atoms with Crippen LogP contribution in [0.15, 0.2) is 24.3 Å². The maximum absolute atomic E-state index is 12.0. The van der Waals surface area contributed by atoms with Crippen LogP contribution in [0.2, 0.25) is 0 Å². The topological polar surface area (TPSA) is 61.2 Å². The highest BCUT2D eigenvalue weighted by atomic mass is 32.2. The Morgan fingerprint density at radius 2 is 1.95 bits per heavy atom. The molecule has 0 atom stereocenters. The number of benzene rings is 1. The molecule has 0 heterocycles. The van der Waals surface area contributed by atoms with Crippen LogP contribution < -0.4 is 0 Å². The van der Waals surface area contributed by atoms with Gasteiger partial charge in [0, 0.05) is 7.05 Å². The summed E-state index contributed by atoms with van der Waals surface area (Å²) in [5.41, 5.74) is 1.83. The van der Waals surface area contributed by atoms with Crippen LogP contribution in [0.4, 0.5) is 0 Å². The highest BCUT2D eigenvalue weighted by Crippen LogP contribution is 2.23. The Morgan fingerprint density at radius 3 is 2.47 bits per heavy atom. The lowest BCUT2D eigenvalue weighted by molar-refractivity contribution is 0.500. The molecule has 0 aliphatic rings. The summed E-state index contributed by atoms with van der Waals surface area (Å²) in [5.74, 6) is -0.0743. The molecule has 5 heteroatoms. The van der Waals surface area contributed by atoms with E-state index in [0.717, 1.165) is 15.4 Å². The third kappa shape index (κ3) is 4.34. The van der Waals surface area contributed by atoms with E-state index < -0.39 is 10.0 Å². The number of rotatable bonds is 4. The van der Waals surface area contributed by atoms with Crippen LogP contribution in [0.1, 0.15) is 31.9 Å². The van der Waals surface area contributed by atoms with E-state index in [-0.39, 0.29) is 17.7 Å². The van der Waals surface area contributed by atoms with Gasteiger partial charge in [-0.05, 0) is 16.5 Å². The molecule has 0 aliphatic heterocycles. The molecule has 0 N–H and O–H groups in total. The third-order valence-corrected chi connectivity index (χ3v) is 4.69. The normalized spacial score (nSPS) is 12.4. The van der Waals surface area contributed by atoms with E-state index in [1.165, 1.54) is 7.05 Å². The van der Waals surface area contributed by atoms with Gasteiger partial charge in [-0.3, -0.25) is 0 Å². The van der Waals surface area contributed by atoms with Crippen molar-refractivity contribution in [3.05, 3.63) is 35.4 Å². The summed E-state index contributed by atoms with van der Waals surface area (Å²) in [6, 6.07) is 9.42. The largest absolute Gasteiger partial charge is 0.218 e. The summed E-state index contributed by atoms with van der Waals surface area (Å²) in [4.78, 5) is 0. The quantitative estimate of drug-likeness (QED) is 0.795. The fourth-order valence-electron chi connectivity index (χ4n) is 1.65. The lowest BCUT2D eigenvalue weighted by Gasteiger charge is -2.20. The summed E-state index contributed by atoms with van der Waals surface area (Å²) in [5, 5.41) is 8.56. The van der Waals surface area contributed by atoms with Crippen molar-refractivity contribution in [2.45, 2.75) is 31.9 Å². The number of hydrogen-bond acceptors (Lipinski definition) is 3. The van der Waals surface area contributed by atoms with Crippen LogP contribution in [0.5, 0.6) is 0 Å². The molecule has 4 nitrogen and oxygen atoms in total. The van der Waals surface area contributed by atoms with Gasteiger partial charge in [0.25, 0.3) is 0 Å². The third-order valence-electron chi connectivity index (χ3n) is 2.91. The maximum atomic E-state index is 12.0. The lowest BCUT2D eigenvalue weighted by atomic mass is 9.86. The maximum Gasteiger partial charge on any atom is 0.218 e. The molecule has 1 rings (SSSR count). The zero-order chi connectivity index (χ0) is 14.7. The van der Waals surface area contributed by atoms with E-state index in [2.05, 4.69) is 20.8 Å². The highest BCUT2D eigenvalue weighted by molar-refractivity contribution is 7.88. The smallest absolute Gasteiger partial charge is 0.212 e. The number of nitriles is 1. The molecule has 1 aromatic carbocycles. The SMILES string of the molecule is CN(CC#N)S(=O)(=O)Cc1cccc(C(C)(C)C)c1. The van der Waals surface area contributed by atoms with Crippen molar-refractivity contribution >= 4 is 10.0 Å². The molecule has 0 fully saturated rings. The average molecular weight is 280 g/mol. The van der Waals surface area contributed by atoms with Crippen molar-refractivity contribution in [2.24, 2.45) is 0 Å². The monoisotopic (exact) mass is 280 g/mol. The number of sulfonamides is 1. The van der Waals surface area contributed by atoms with Crippen molar-refractivity contribution in [1.82, 2.24) is 4.31 Å². The Morgan fingerprint density at radius 1 is 1.32 bits per heavy atom. The summed E-state index contributed by atoms with van der Waals surface area (Å²) in [6.45, 7) is 6.13. The molecule has 0 aliphatic carbocycles. The fourth-order valence-corrected chi connectivity index (χ4v) is 2.72. The van der Waals surface area contributed by atoms with Gasteiger partial charge in [-0.15, -0.1) is 0 Å². The lowest BCUT2D eigenvalue weighted by Crippen LogP contribution is -2.28. The van der Waals surface area contributed by atoms with Crippen molar-refractivity contribution in [1.29, 1.82) is 5.26 Å². The second-order valence-corrected chi connectivity index (χ2v) is 7.70. The molecule has 0 amide bonds. The zero-order valence-electron chi connectivity index (χ0n) is 11.8. The van der Waals surface area contributed by atoms with Gasteiger partial charge in [-0.25, -0.2) is 8.42 Å². The molecule has 0 unspecified atom stereocenters. The second kappa shape index (κ2) is 5.72. The van der Waals surface area contributed by atoms with Crippen LogP contribution in [0.3, 0.4) is 0 Å². The standard InChI is InChI=1S/C14H20N2O2S/c1-14(2,3)13-7-5-6-12(10-13)11-19(17,18)16(4)9-8-15/h5-7,10H,9,11H2,1-4H3. The van der Waals surface area contributed by atoms with Gasteiger partial charge in [-0.2, -0.15) is 9.57 Å². The molecule has 0 saturated heterocycles. The fraction of sp³-hybridized carbons (Fsp3) is 0.500. The highest BCUT2D eigenvalue weighted by Gasteiger charge is 2.20.